The maximum absolute atomic E-state index is 14.4. The molecule has 3 aromatic heterocycles. The van der Waals surface area contributed by atoms with Crippen molar-refractivity contribution in [2.45, 2.75) is 25.7 Å². The van der Waals surface area contributed by atoms with E-state index in [4.69, 9.17) is 11.6 Å². The zero-order valence-corrected chi connectivity index (χ0v) is 16.9. The molecule has 6 rings (SSSR count). The summed E-state index contributed by atoms with van der Waals surface area (Å²) >= 11 is 6.06. The van der Waals surface area contributed by atoms with Gasteiger partial charge in [-0.15, -0.1) is 0 Å². The molecule has 3 saturated carbocycles. The number of aliphatic carboxylic acids is 1. The van der Waals surface area contributed by atoms with E-state index in [-0.39, 0.29) is 23.6 Å². The van der Waals surface area contributed by atoms with Gasteiger partial charge in [-0.05, 0) is 49.5 Å². The second-order valence-corrected chi connectivity index (χ2v) is 8.66. The number of aromatic amines is 1. The highest BCUT2D eigenvalue weighted by Crippen LogP contribution is 2.49. The van der Waals surface area contributed by atoms with Crippen LogP contribution >= 0.6 is 11.6 Å². The standard InChI is InChI=1S/C21H21ClFN5O2/c22-12-5-13-15(8-25-18(13)24-6-12)19-27-9-16(23)20(28-19)26-7-14-10-1-3-11(4-2-10)17(14)21(29)30/h5-6,8-11,14,17H,1-4,7H2,(H,24,25)(H,29,30)(H,26,27,28). The number of nitrogens with one attached hydrogen (secondary N) is 2. The van der Waals surface area contributed by atoms with Gasteiger partial charge in [-0.2, -0.15) is 0 Å². The van der Waals surface area contributed by atoms with E-state index in [1.54, 1.807) is 18.5 Å². The number of hydrogen-bond donors (Lipinski definition) is 3. The first kappa shape index (κ1) is 19.2. The highest BCUT2D eigenvalue weighted by atomic mass is 35.5. The molecule has 0 amide bonds. The van der Waals surface area contributed by atoms with Crippen LogP contribution in [-0.4, -0.2) is 37.6 Å². The third kappa shape index (κ3) is 3.29. The Balaban J connectivity index is 1.41. The predicted molar refractivity (Wildman–Crippen MR) is 111 cm³/mol. The van der Waals surface area contributed by atoms with Crippen LogP contribution in [0.15, 0.2) is 24.7 Å². The van der Waals surface area contributed by atoms with Gasteiger partial charge in [-0.3, -0.25) is 4.79 Å². The number of carboxylic acids is 1. The Morgan fingerprint density at radius 2 is 2.00 bits per heavy atom. The van der Waals surface area contributed by atoms with Crippen molar-refractivity contribution in [2.24, 2.45) is 23.7 Å². The summed E-state index contributed by atoms with van der Waals surface area (Å²) in [5.41, 5.74) is 1.31. The third-order valence-corrected chi connectivity index (χ3v) is 6.87. The fraction of sp³-hybridized carbons (Fsp3) is 0.429. The zero-order chi connectivity index (χ0) is 20.8. The van der Waals surface area contributed by atoms with Gasteiger partial charge in [0.25, 0.3) is 0 Å². The van der Waals surface area contributed by atoms with E-state index in [1.165, 1.54) is 0 Å². The predicted octanol–water partition coefficient (Wildman–Crippen LogP) is 4.36. The van der Waals surface area contributed by atoms with E-state index in [0.717, 1.165) is 37.3 Å². The monoisotopic (exact) mass is 429 g/mol. The average Bonchev–Trinajstić information content (AvgIpc) is 3.16. The molecule has 0 spiro atoms. The summed E-state index contributed by atoms with van der Waals surface area (Å²) in [5.74, 6) is -0.724. The van der Waals surface area contributed by atoms with Gasteiger partial charge in [0.2, 0.25) is 0 Å². The van der Waals surface area contributed by atoms with Crippen molar-refractivity contribution in [3.63, 3.8) is 0 Å². The lowest BCUT2D eigenvalue weighted by Gasteiger charge is -2.46. The van der Waals surface area contributed by atoms with Crippen LogP contribution in [0.1, 0.15) is 25.7 Å². The first-order chi connectivity index (χ1) is 14.5. The first-order valence-electron chi connectivity index (χ1n) is 10.1. The molecule has 3 fully saturated rings. The Morgan fingerprint density at radius 1 is 1.23 bits per heavy atom. The molecule has 3 heterocycles. The Morgan fingerprint density at radius 3 is 2.77 bits per heavy atom. The second-order valence-electron chi connectivity index (χ2n) is 8.23. The van der Waals surface area contributed by atoms with Gasteiger partial charge < -0.3 is 15.4 Å². The number of anilines is 1. The molecule has 2 bridgehead atoms. The highest BCUT2D eigenvalue weighted by Gasteiger charge is 2.46. The molecule has 0 aliphatic heterocycles. The number of rotatable bonds is 5. The Hall–Kier alpha value is -2.74. The SMILES string of the molecule is O=C(O)C1C2CCC(CC2)C1CNc1nc(-c2c[nH]c3ncc(Cl)cc23)ncc1F. The van der Waals surface area contributed by atoms with Gasteiger partial charge in [0, 0.05) is 29.9 Å². The number of pyridine rings is 1. The molecular weight excluding hydrogens is 409 g/mol. The molecule has 3 aliphatic carbocycles. The number of fused-ring (bicyclic) bond motifs is 4. The maximum Gasteiger partial charge on any atom is 0.307 e. The Bertz CT molecular complexity index is 1110. The van der Waals surface area contributed by atoms with Crippen LogP contribution in [0.25, 0.3) is 22.4 Å². The number of nitrogens with zero attached hydrogens (tertiary/aromatic N) is 3. The number of hydrogen-bond acceptors (Lipinski definition) is 5. The Kier molecular flexibility index (Phi) is 4.81. The van der Waals surface area contributed by atoms with E-state index in [2.05, 4.69) is 25.3 Å². The van der Waals surface area contributed by atoms with Gasteiger partial charge in [0.05, 0.1) is 17.1 Å². The molecule has 2 atom stereocenters. The molecule has 7 nitrogen and oxygen atoms in total. The number of carboxylic acid groups (broad SMARTS) is 1. The van der Waals surface area contributed by atoms with Crippen LogP contribution in [0.5, 0.6) is 0 Å². The molecule has 3 aliphatic rings. The molecule has 2 unspecified atom stereocenters. The highest BCUT2D eigenvalue weighted by molar-refractivity contribution is 6.31. The molecule has 0 aromatic carbocycles. The fourth-order valence-corrected chi connectivity index (χ4v) is 5.41. The molecule has 3 N–H and O–H groups in total. The second kappa shape index (κ2) is 7.50. The summed E-state index contributed by atoms with van der Waals surface area (Å²) in [6, 6.07) is 1.76. The molecular formula is C21H21ClFN5O2. The van der Waals surface area contributed by atoms with Crippen molar-refractivity contribution in [1.29, 1.82) is 0 Å². The lowest BCUT2D eigenvalue weighted by atomic mass is 9.58. The summed E-state index contributed by atoms with van der Waals surface area (Å²) in [4.78, 5) is 27.6. The van der Waals surface area contributed by atoms with E-state index >= 15 is 0 Å². The van der Waals surface area contributed by atoms with E-state index < -0.39 is 11.8 Å². The maximum atomic E-state index is 14.4. The van der Waals surface area contributed by atoms with Crippen molar-refractivity contribution < 1.29 is 14.3 Å². The summed E-state index contributed by atoms with van der Waals surface area (Å²) in [7, 11) is 0. The van der Waals surface area contributed by atoms with Crippen LogP contribution in [0.4, 0.5) is 10.2 Å². The minimum atomic E-state index is -0.747. The normalized spacial score (nSPS) is 25.5. The lowest BCUT2D eigenvalue weighted by molar-refractivity contribution is -0.151. The average molecular weight is 430 g/mol. The van der Waals surface area contributed by atoms with Crippen LogP contribution in [0.3, 0.4) is 0 Å². The molecule has 9 heteroatoms. The van der Waals surface area contributed by atoms with Gasteiger partial charge in [0.1, 0.15) is 5.65 Å². The minimum absolute atomic E-state index is 0.0242. The number of H-pyrrole nitrogens is 1. The molecule has 3 aromatic rings. The smallest absolute Gasteiger partial charge is 0.307 e. The summed E-state index contributed by atoms with van der Waals surface area (Å²) in [6.07, 6.45) is 8.42. The largest absolute Gasteiger partial charge is 0.481 e. The van der Waals surface area contributed by atoms with Crippen molar-refractivity contribution in [3.8, 4) is 11.4 Å². The van der Waals surface area contributed by atoms with Crippen LogP contribution in [0, 0.1) is 29.5 Å². The zero-order valence-electron chi connectivity index (χ0n) is 16.1. The van der Waals surface area contributed by atoms with Gasteiger partial charge >= 0.3 is 5.97 Å². The topological polar surface area (TPSA) is 104 Å². The first-order valence-corrected chi connectivity index (χ1v) is 10.5. The van der Waals surface area contributed by atoms with Gasteiger partial charge in [-0.25, -0.2) is 19.3 Å². The van der Waals surface area contributed by atoms with Crippen LogP contribution in [-0.2, 0) is 4.79 Å². The quantitative estimate of drug-likeness (QED) is 0.556. The summed E-state index contributed by atoms with van der Waals surface area (Å²) in [5, 5.41) is 14.0. The van der Waals surface area contributed by atoms with E-state index in [1.807, 2.05) is 0 Å². The fourth-order valence-electron chi connectivity index (χ4n) is 5.25. The van der Waals surface area contributed by atoms with Crippen molar-refractivity contribution in [2.75, 3.05) is 11.9 Å². The molecule has 156 valence electrons. The van der Waals surface area contributed by atoms with Crippen molar-refractivity contribution >= 4 is 34.4 Å². The van der Waals surface area contributed by atoms with Crippen molar-refractivity contribution in [1.82, 2.24) is 19.9 Å². The number of carbonyl (C=O) groups is 1. The van der Waals surface area contributed by atoms with Gasteiger partial charge in [0.15, 0.2) is 17.5 Å². The summed E-state index contributed by atoms with van der Waals surface area (Å²) in [6.45, 7) is 0.382. The Labute approximate surface area is 177 Å². The van der Waals surface area contributed by atoms with E-state index in [0.29, 0.717) is 34.5 Å². The van der Waals surface area contributed by atoms with E-state index in [9.17, 15) is 14.3 Å². The third-order valence-electron chi connectivity index (χ3n) is 6.66. The number of aromatic nitrogens is 4. The number of halogens is 2. The summed E-state index contributed by atoms with van der Waals surface area (Å²) < 4.78 is 14.4. The minimum Gasteiger partial charge on any atom is -0.481 e. The van der Waals surface area contributed by atoms with Crippen molar-refractivity contribution in [3.05, 3.63) is 35.5 Å². The molecule has 0 saturated heterocycles. The molecule has 30 heavy (non-hydrogen) atoms. The van der Waals surface area contributed by atoms with Crippen LogP contribution < -0.4 is 5.32 Å². The van der Waals surface area contributed by atoms with Crippen LogP contribution in [0.2, 0.25) is 5.02 Å². The van der Waals surface area contributed by atoms with Gasteiger partial charge in [-0.1, -0.05) is 11.6 Å². The lowest BCUT2D eigenvalue weighted by Crippen LogP contribution is -2.46. The molecule has 0 radical (unpaired) electrons.